The quantitative estimate of drug-likeness (QED) is 0.581. The minimum atomic E-state index is -2.88. The first-order valence-corrected chi connectivity index (χ1v) is 9.18. The summed E-state index contributed by atoms with van der Waals surface area (Å²) < 4.78 is 33.6. The lowest BCUT2D eigenvalue weighted by Gasteiger charge is -2.21. The van der Waals surface area contributed by atoms with Gasteiger partial charge in [-0.15, -0.1) is 0 Å². The zero-order chi connectivity index (χ0) is 21.1. The summed E-state index contributed by atoms with van der Waals surface area (Å²) in [6.45, 7) is -0.218. The molecule has 8 heteroatoms. The molecule has 0 atom stereocenters. The fraction of sp³-hybridized carbons (Fsp3) is 0.333. The van der Waals surface area contributed by atoms with E-state index in [0.717, 1.165) is 11.1 Å². The summed E-state index contributed by atoms with van der Waals surface area (Å²) >= 11 is 0. The zero-order valence-electron chi connectivity index (χ0n) is 16.1. The number of ether oxygens (including phenoxy) is 2. The Balaban J connectivity index is 1.89. The number of hydrogen-bond donors (Lipinski definition) is 1. The third-order valence-corrected chi connectivity index (χ3v) is 3.91. The van der Waals surface area contributed by atoms with Gasteiger partial charge >= 0.3 is 12.6 Å². The number of benzene rings is 2. The van der Waals surface area contributed by atoms with Crippen molar-refractivity contribution in [2.24, 2.45) is 0 Å². The molecule has 0 aromatic heterocycles. The van der Waals surface area contributed by atoms with Crippen LogP contribution in [0.15, 0.2) is 54.6 Å². The minimum absolute atomic E-state index is 0.00415. The first-order chi connectivity index (χ1) is 14.0. The Kier molecular flexibility index (Phi) is 9.04. The summed E-state index contributed by atoms with van der Waals surface area (Å²) in [6, 6.07) is 15.5. The highest BCUT2D eigenvalue weighted by atomic mass is 19.3. The van der Waals surface area contributed by atoms with Crippen LogP contribution < -0.4 is 10.1 Å². The van der Waals surface area contributed by atoms with Crippen molar-refractivity contribution in [1.29, 1.82) is 0 Å². The van der Waals surface area contributed by atoms with Gasteiger partial charge in [-0.3, -0.25) is 14.5 Å². The number of esters is 1. The van der Waals surface area contributed by atoms with Crippen LogP contribution in [0.25, 0.3) is 0 Å². The lowest BCUT2D eigenvalue weighted by Crippen LogP contribution is -2.39. The van der Waals surface area contributed by atoms with Gasteiger partial charge in [-0.2, -0.15) is 8.78 Å². The molecule has 156 valence electrons. The van der Waals surface area contributed by atoms with Gasteiger partial charge in [0.15, 0.2) is 0 Å². The van der Waals surface area contributed by atoms with Crippen LogP contribution in [0.2, 0.25) is 0 Å². The molecule has 0 bridgehead atoms. The van der Waals surface area contributed by atoms with Gasteiger partial charge in [-0.05, 0) is 30.2 Å². The van der Waals surface area contributed by atoms with E-state index in [1.54, 1.807) is 24.0 Å². The Bertz CT molecular complexity index is 770. The van der Waals surface area contributed by atoms with Crippen LogP contribution in [0.5, 0.6) is 5.75 Å². The fourth-order valence-electron chi connectivity index (χ4n) is 2.65. The highest BCUT2D eigenvalue weighted by Crippen LogP contribution is 2.14. The van der Waals surface area contributed by atoms with E-state index in [0.29, 0.717) is 6.54 Å². The van der Waals surface area contributed by atoms with E-state index in [1.165, 1.54) is 12.1 Å². The topological polar surface area (TPSA) is 67.9 Å². The summed E-state index contributed by atoms with van der Waals surface area (Å²) in [5, 5.41) is 2.76. The highest BCUT2D eigenvalue weighted by molar-refractivity contribution is 5.79. The maximum absolute atomic E-state index is 12.3. The van der Waals surface area contributed by atoms with Crippen molar-refractivity contribution in [3.05, 3.63) is 65.7 Å². The van der Waals surface area contributed by atoms with Gasteiger partial charge in [-0.1, -0.05) is 42.5 Å². The molecule has 0 spiro atoms. The lowest BCUT2D eigenvalue weighted by atomic mass is 10.2. The molecule has 2 aromatic carbocycles. The van der Waals surface area contributed by atoms with Gasteiger partial charge in [-0.25, -0.2) is 0 Å². The zero-order valence-corrected chi connectivity index (χ0v) is 16.1. The number of hydrogen-bond acceptors (Lipinski definition) is 5. The van der Waals surface area contributed by atoms with E-state index in [-0.39, 0.29) is 37.9 Å². The summed E-state index contributed by atoms with van der Waals surface area (Å²) in [7, 11) is 0. The van der Waals surface area contributed by atoms with Crippen molar-refractivity contribution in [2.75, 3.05) is 19.7 Å². The highest BCUT2D eigenvalue weighted by Gasteiger charge is 2.16. The SMILES string of the molecule is CCOC(=O)CN(CC(=O)NCc1ccc(OC(F)F)cc1)Cc1ccccc1. The first kappa shape index (κ1) is 22.3. The molecule has 2 aromatic rings. The molecule has 0 heterocycles. The molecule has 0 unspecified atom stereocenters. The van der Waals surface area contributed by atoms with Gasteiger partial charge in [0.1, 0.15) is 5.75 Å². The number of halogens is 2. The molecular weight excluding hydrogens is 382 g/mol. The van der Waals surface area contributed by atoms with Gasteiger partial charge < -0.3 is 14.8 Å². The van der Waals surface area contributed by atoms with Crippen molar-refractivity contribution in [3.8, 4) is 5.75 Å². The second-order valence-electron chi connectivity index (χ2n) is 6.23. The van der Waals surface area contributed by atoms with Gasteiger partial charge in [0, 0.05) is 13.1 Å². The molecule has 0 aliphatic carbocycles. The number of carbonyl (C=O) groups excluding carboxylic acids is 2. The smallest absolute Gasteiger partial charge is 0.387 e. The summed E-state index contributed by atoms with van der Waals surface area (Å²) in [4.78, 5) is 25.9. The number of amides is 1. The maximum atomic E-state index is 12.3. The van der Waals surface area contributed by atoms with E-state index in [2.05, 4.69) is 10.1 Å². The van der Waals surface area contributed by atoms with Crippen LogP contribution in [0.4, 0.5) is 8.78 Å². The van der Waals surface area contributed by atoms with E-state index in [4.69, 9.17) is 4.74 Å². The Morgan fingerprint density at radius 3 is 2.31 bits per heavy atom. The predicted octanol–water partition coefficient (Wildman–Crippen LogP) is 2.97. The average molecular weight is 406 g/mol. The average Bonchev–Trinajstić information content (AvgIpc) is 2.68. The molecule has 0 radical (unpaired) electrons. The summed E-state index contributed by atoms with van der Waals surface area (Å²) in [5.41, 5.74) is 1.71. The van der Waals surface area contributed by atoms with Crippen LogP contribution in [-0.4, -0.2) is 43.1 Å². The number of rotatable bonds is 11. The maximum Gasteiger partial charge on any atom is 0.387 e. The van der Waals surface area contributed by atoms with Crippen molar-refractivity contribution in [1.82, 2.24) is 10.2 Å². The fourth-order valence-corrected chi connectivity index (χ4v) is 2.65. The van der Waals surface area contributed by atoms with Crippen LogP contribution in [0, 0.1) is 0 Å². The molecule has 0 aliphatic rings. The molecule has 1 amide bonds. The molecule has 1 N–H and O–H groups in total. The van der Waals surface area contributed by atoms with Crippen molar-refractivity contribution in [2.45, 2.75) is 26.6 Å². The van der Waals surface area contributed by atoms with Crippen LogP contribution in [0.3, 0.4) is 0 Å². The predicted molar refractivity (Wildman–Crippen MR) is 103 cm³/mol. The van der Waals surface area contributed by atoms with Crippen molar-refractivity contribution >= 4 is 11.9 Å². The van der Waals surface area contributed by atoms with Crippen LogP contribution in [-0.2, 0) is 27.4 Å². The molecule has 2 rings (SSSR count). The van der Waals surface area contributed by atoms with Crippen molar-refractivity contribution < 1.29 is 27.8 Å². The van der Waals surface area contributed by atoms with E-state index < -0.39 is 12.6 Å². The summed E-state index contributed by atoms with van der Waals surface area (Å²) in [6.07, 6.45) is 0. The molecule has 0 fully saturated rings. The van der Waals surface area contributed by atoms with E-state index in [9.17, 15) is 18.4 Å². The number of nitrogens with one attached hydrogen (secondary N) is 1. The number of nitrogens with zero attached hydrogens (tertiary/aromatic N) is 1. The number of alkyl halides is 2. The Labute approximate surface area is 168 Å². The Morgan fingerprint density at radius 1 is 1.00 bits per heavy atom. The Morgan fingerprint density at radius 2 is 1.69 bits per heavy atom. The van der Waals surface area contributed by atoms with E-state index >= 15 is 0 Å². The largest absolute Gasteiger partial charge is 0.465 e. The second-order valence-corrected chi connectivity index (χ2v) is 6.23. The molecular formula is C21H24F2N2O4. The van der Waals surface area contributed by atoms with Crippen molar-refractivity contribution in [3.63, 3.8) is 0 Å². The molecule has 6 nitrogen and oxygen atoms in total. The van der Waals surface area contributed by atoms with Crippen LogP contribution in [0.1, 0.15) is 18.1 Å². The van der Waals surface area contributed by atoms with Gasteiger partial charge in [0.2, 0.25) is 5.91 Å². The molecule has 0 aliphatic heterocycles. The van der Waals surface area contributed by atoms with E-state index in [1.807, 2.05) is 30.3 Å². The Hall–Kier alpha value is -3.00. The standard InChI is InChI=1S/C21H24F2N2O4/c1-2-28-20(27)15-25(13-17-6-4-3-5-7-17)14-19(26)24-12-16-8-10-18(11-9-16)29-21(22)23/h3-11,21H,2,12-15H2,1H3,(H,24,26). The lowest BCUT2D eigenvalue weighted by molar-refractivity contribution is -0.144. The van der Waals surface area contributed by atoms with Gasteiger partial charge in [0.05, 0.1) is 19.7 Å². The molecule has 29 heavy (non-hydrogen) atoms. The third-order valence-electron chi connectivity index (χ3n) is 3.91. The van der Waals surface area contributed by atoms with Gasteiger partial charge in [0.25, 0.3) is 0 Å². The second kappa shape index (κ2) is 11.8. The first-order valence-electron chi connectivity index (χ1n) is 9.18. The monoisotopic (exact) mass is 406 g/mol. The minimum Gasteiger partial charge on any atom is -0.465 e. The molecule has 0 saturated carbocycles. The normalized spacial score (nSPS) is 10.8. The summed E-state index contributed by atoms with van der Waals surface area (Å²) in [5.74, 6) is -0.609. The molecule has 0 saturated heterocycles. The third kappa shape index (κ3) is 8.69. The number of carbonyl (C=O) groups is 2. The van der Waals surface area contributed by atoms with Crippen LogP contribution >= 0.6 is 0 Å².